The van der Waals surface area contributed by atoms with Gasteiger partial charge in [-0.2, -0.15) is 0 Å². The lowest BCUT2D eigenvalue weighted by Crippen LogP contribution is -2.33. The van der Waals surface area contributed by atoms with Crippen molar-refractivity contribution in [3.05, 3.63) is 16.1 Å². The molecule has 1 aliphatic rings. The largest absolute Gasteiger partial charge is 0.347 e. The minimum Gasteiger partial charge on any atom is -0.347 e. The molecule has 2 heterocycles. The smallest absolute Gasteiger partial charge is 0.222 e. The number of carbonyl (C=O) groups excluding carboxylic acids is 1. The Morgan fingerprint density at radius 2 is 2.56 bits per heavy atom. The van der Waals surface area contributed by atoms with Crippen molar-refractivity contribution in [1.82, 2.24) is 15.6 Å². The van der Waals surface area contributed by atoms with Crippen LogP contribution in [0, 0.1) is 0 Å². The van der Waals surface area contributed by atoms with Gasteiger partial charge in [-0.1, -0.05) is 6.92 Å². The molecule has 0 aliphatic carbocycles. The number of nitrogens with zero attached hydrogens (tertiary/aromatic N) is 1. The minimum atomic E-state index is 0.0178. The van der Waals surface area contributed by atoms with Crippen LogP contribution >= 0.6 is 11.3 Å². The van der Waals surface area contributed by atoms with Gasteiger partial charge < -0.3 is 10.6 Å². The summed E-state index contributed by atoms with van der Waals surface area (Å²) < 4.78 is 0. The Kier molecular flexibility index (Phi) is 4.72. The Morgan fingerprint density at radius 3 is 3.17 bits per heavy atom. The van der Waals surface area contributed by atoms with Gasteiger partial charge in [0.1, 0.15) is 5.01 Å². The predicted octanol–water partition coefficient (Wildman–Crippen LogP) is 2.02. The normalized spacial score (nSPS) is 20.9. The number of carbonyl (C=O) groups is 1. The first kappa shape index (κ1) is 13.5. The highest BCUT2D eigenvalue weighted by Gasteiger charge is 2.19. The predicted molar refractivity (Wildman–Crippen MR) is 73.7 cm³/mol. The van der Waals surface area contributed by atoms with Crippen LogP contribution in [-0.4, -0.2) is 23.5 Å². The van der Waals surface area contributed by atoms with Crippen molar-refractivity contribution in [3.63, 3.8) is 0 Å². The molecule has 2 atom stereocenters. The quantitative estimate of drug-likeness (QED) is 0.858. The van der Waals surface area contributed by atoms with Gasteiger partial charge in [0.2, 0.25) is 5.91 Å². The van der Waals surface area contributed by atoms with Crippen molar-refractivity contribution in [2.75, 3.05) is 6.54 Å². The molecule has 2 N–H and O–H groups in total. The zero-order valence-electron chi connectivity index (χ0n) is 11.0. The number of aryl methyl sites for hydroxylation is 1. The fourth-order valence-corrected chi connectivity index (χ4v) is 3.06. The Morgan fingerprint density at radius 1 is 1.72 bits per heavy atom. The minimum absolute atomic E-state index is 0.0178. The zero-order valence-corrected chi connectivity index (χ0v) is 11.8. The number of nitrogens with one attached hydrogen (secondary N) is 2. The van der Waals surface area contributed by atoms with Crippen molar-refractivity contribution in [2.45, 2.75) is 51.6 Å². The topological polar surface area (TPSA) is 54.0 Å². The second-order valence-corrected chi connectivity index (χ2v) is 5.95. The molecule has 1 aromatic rings. The summed E-state index contributed by atoms with van der Waals surface area (Å²) in [5, 5.41) is 7.37. The summed E-state index contributed by atoms with van der Waals surface area (Å²) >= 11 is 1.68. The molecule has 0 saturated carbocycles. The van der Waals surface area contributed by atoms with Crippen LogP contribution in [-0.2, 0) is 11.2 Å². The molecule has 2 unspecified atom stereocenters. The van der Waals surface area contributed by atoms with Crippen molar-refractivity contribution in [1.29, 1.82) is 0 Å². The first-order chi connectivity index (χ1) is 8.69. The number of thiazole rings is 1. The highest BCUT2D eigenvalue weighted by atomic mass is 32.1. The van der Waals surface area contributed by atoms with E-state index in [1.54, 1.807) is 11.3 Å². The summed E-state index contributed by atoms with van der Waals surface area (Å²) in [7, 11) is 0. The van der Waals surface area contributed by atoms with Crippen LogP contribution in [0.1, 0.15) is 49.0 Å². The van der Waals surface area contributed by atoms with Gasteiger partial charge in [-0.15, -0.1) is 11.3 Å². The van der Waals surface area contributed by atoms with E-state index in [1.807, 2.05) is 13.1 Å². The van der Waals surface area contributed by atoms with E-state index in [0.717, 1.165) is 24.4 Å². The van der Waals surface area contributed by atoms with Crippen LogP contribution in [0.4, 0.5) is 0 Å². The molecule has 1 saturated heterocycles. The SMILES string of the molecule is CCc1cnc(C(C)NC(=O)CC2CCCN2)s1. The third-order valence-electron chi connectivity index (χ3n) is 3.26. The third kappa shape index (κ3) is 3.53. The van der Waals surface area contributed by atoms with Crippen LogP contribution in [0.3, 0.4) is 0 Å². The van der Waals surface area contributed by atoms with E-state index in [2.05, 4.69) is 22.5 Å². The molecule has 1 fully saturated rings. The number of aromatic nitrogens is 1. The molecule has 2 rings (SSSR count). The summed E-state index contributed by atoms with van der Waals surface area (Å²) in [6, 6.07) is 0.379. The summed E-state index contributed by atoms with van der Waals surface area (Å²) in [5.41, 5.74) is 0. The lowest BCUT2D eigenvalue weighted by Gasteiger charge is -2.14. The van der Waals surface area contributed by atoms with Gasteiger partial charge in [-0.05, 0) is 32.7 Å². The molecule has 1 aliphatic heterocycles. The Balaban J connectivity index is 1.82. The maximum absolute atomic E-state index is 11.9. The first-order valence-electron chi connectivity index (χ1n) is 6.66. The van der Waals surface area contributed by atoms with Gasteiger partial charge in [0.05, 0.1) is 6.04 Å². The molecule has 0 bridgehead atoms. The standard InChI is InChI=1S/C13H21N3OS/c1-3-11-8-15-13(18-11)9(2)16-12(17)7-10-5-4-6-14-10/h8-10,14H,3-7H2,1-2H3,(H,16,17). The fourth-order valence-electron chi connectivity index (χ4n) is 2.20. The van der Waals surface area contributed by atoms with E-state index in [9.17, 15) is 4.79 Å². The van der Waals surface area contributed by atoms with E-state index < -0.39 is 0 Å². The van der Waals surface area contributed by atoms with E-state index in [0.29, 0.717) is 12.5 Å². The van der Waals surface area contributed by atoms with Crippen molar-refractivity contribution < 1.29 is 4.79 Å². The van der Waals surface area contributed by atoms with Crippen LogP contribution in [0.15, 0.2) is 6.20 Å². The first-order valence-corrected chi connectivity index (χ1v) is 7.48. The molecule has 0 spiro atoms. The zero-order chi connectivity index (χ0) is 13.0. The number of hydrogen-bond acceptors (Lipinski definition) is 4. The molecule has 100 valence electrons. The van der Waals surface area contributed by atoms with Crippen molar-refractivity contribution in [3.8, 4) is 0 Å². The van der Waals surface area contributed by atoms with E-state index in [4.69, 9.17) is 0 Å². The number of hydrogen-bond donors (Lipinski definition) is 2. The Labute approximate surface area is 112 Å². The van der Waals surface area contributed by atoms with E-state index >= 15 is 0 Å². The van der Waals surface area contributed by atoms with Crippen LogP contribution in [0.2, 0.25) is 0 Å². The monoisotopic (exact) mass is 267 g/mol. The summed E-state index contributed by atoms with van der Waals surface area (Å²) in [6.07, 6.45) is 5.78. The van der Waals surface area contributed by atoms with E-state index in [1.165, 1.54) is 11.3 Å². The summed E-state index contributed by atoms with van der Waals surface area (Å²) in [5.74, 6) is 0.121. The van der Waals surface area contributed by atoms with Crippen molar-refractivity contribution in [2.24, 2.45) is 0 Å². The summed E-state index contributed by atoms with van der Waals surface area (Å²) in [4.78, 5) is 17.5. The van der Waals surface area contributed by atoms with Gasteiger partial charge in [0, 0.05) is 23.5 Å². The highest BCUT2D eigenvalue weighted by molar-refractivity contribution is 7.11. The van der Waals surface area contributed by atoms with Gasteiger partial charge >= 0.3 is 0 Å². The molecule has 0 radical (unpaired) electrons. The average Bonchev–Trinajstić information content (AvgIpc) is 2.98. The molecular formula is C13H21N3OS. The molecule has 1 aromatic heterocycles. The lowest BCUT2D eigenvalue weighted by molar-refractivity contribution is -0.122. The van der Waals surface area contributed by atoms with Gasteiger partial charge in [0.25, 0.3) is 0 Å². The average molecular weight is 267 g/mol. The molecule has 0 aromatic carbocycles. The summed E-state index contributed by atoms with van der Waals surface area (Å²) in [6.45, 7) is 5.16. The number of amides is 1. The molecule has 18 heavy (non-hydrogen) atoms. The van der Waals surface area contributed by atoms with Gasteiger partial charge in [-0.25, -0.2) is 4.98 Å². The molecule has 1 amide bonds. The third-order valence-corrected chi connectivity index (χ3v) is 4.59. The van der Waals surface area contributed by atoms with Crippen LogP contribution in [0.25, 0.3) is 0 Å². The van der Waals surface area contributed by atoms with Gasteiger partial charge in [-0.3, -0.25) is 4.79 Å². The molecule has 5 heteroatoms. The fraction of sp³-hybridized carbons (Fsp3) is 0.692. The van der Waals surface area contributed by atoms with E-state index in [-0.39, 0.29) is 11.9 Å². The molecule has 4 nitrogen and oxygen atoms in total. The Hall–Kier alpha value is -0.940. The second-order valence-electron chi connectivity index (χ2n) is 4.80. The highest BCUT2D eigenvalue weighted by Crippen LogP contribution is 2.20. The van der Waals surface area contributed by atoms with Crippen molar-refractivity contribution >= 4 is 17.2 Å². The number of rotatable bonds is 5. The van der Waals surface area contributed by atoms with Crippen LogP contribution in [0.5, 0.6) is 0 Å². The Bertz CT molecular complexity index is 399. The molecular weight excluding hydrogens is 246 g/mol. The van der Waals surface area contributed by atoms with Crippen LogP contribution < -0.4 is 10.6 Å². The maximum atomic E-state index is 11.9. The maximum Gasteiger partial charge on any atom is 0.222 e. The lowest BCUT2D eigenvalue weighted by atomic mass is 10.1. The second kappa shape index (κ2) is 6.29. The van der Waals surface area contributed by atoms with Gasteiger partial charge in [0.15, 0.2) is 0 Å².